The summed E-state index contributed by atoms with van der Waals surface area (Å²) in [4.78, 5) is 14.4. The van der Waals surface area contributed by atoms with Gasteiger partial charge < -0.3 is 4.90 Å². The van der Waals surface area contributed by atoms with Gasteiger partial charge >= 0.3 is 0 Å². The van der Waals surface area contributed by atoms with E-state index in [-0.39, 0.29) is 5.91 Å². The molecule has 1 amide bonds. The van der Waals surface area contributed by atoms with Gasteiger partial charge in [-0.2, -0.15) is 23.1 Å². The second kappa shape index (κ2) is 7.53. The van der Waals surface area contributed by atoms with Gasteiger partial charge in [0.2, 0.25) is 5.91 Å². The molecule has 1 atom stereocenters. The maximum atomic E-state index is 12.4. The molecule has 0 bridgehead atoms. The summed E-state index contributed by atoms with van der Waals surface area (Å²) < 4.78 is 0. The molecule has 0 radical (unpaired) electrons. The number of carbonyl (C=O) groups excluding carboxylic acids is 1. The molecule has 5 heteroatoms. The average Bonchev–Trinajstić information content (AvgIpc) is 2.90. The molecule has 1 saturated heterocycles. The number of benzene rings is 1. The molecule has 0 aliphatic carbocycles. The van der Waals surface area contributed by atoms with Gasteiger partial charge in [0.25, 0.3) is 0 Å². The number of halogens is 1. The summed E-state index contributed by atoms with van der Waals surface area (Å²) in [5, 5.41) is 5.29. The molecule has 116 valence electrons. The molecule has 22 heavy (non-hydrogen) atoms. The lowest BCUT2D eigenvalue weighted by Gasteiger charge is -2.20. The minimum Gasteiger partial charge on any atom is -0.342 e. The van der Waals surface area contributed by atoms with E-state index in [2.05, 4.69) is 11.4 Å². The Kier molecular flexibility index (Phi) is 5.45. The number of hydrogen-bond donors (Lipinski definition) is 0. The van der Waals surface area contributed by atoms with Gasteiger partial charge in [-0.15, -0.1) is 0 Å². The van der Waals surface area contributed by atoms with Gasteiger partial charge in [-0.25, -0.2) is 0 Å². The van der Waals surface area contributed by atoms with Crippen LogP contribution in [0.5, 0.6) is 0 Å². The number of thiophene rings is 1. The number of thioether (sulfide) groups is 1. The van der Waals surface area contributed by atoms with Crippen LogP contribution in [-0.2, 0) is 11.2 Å². The SMILES string of the molecule is O=C(Cc1ccsc1)N1CCS[C@H](c2ccccc2Cl)CC1. The fraction of sp³-hybridized carbons (Fsp3) is 0.353. The zero-order chi connectivity index (χ0) is 15.4. The summed E-state index contributed by atoms with van der Waals surface area (Å²) in [6, 6.07) is 10.1. The van der Waals surface area contributed by atoms with Crippen LogP contribution in [0.15, 0.2) is 41.1 Å². The highest BCUT2D eigenvalue weighted by Gasteiger charge is 2.23. The molecular weight excluding hydrogens is 334 g/mol. The predicted molar refractivity (Wildman–Crippen MR) is 95.9 cm³/mol. The number of carbonyl (C=O) groups is 1. The van der Waals surface area contributed by atoms with Crippen LogP contribution in [0, 0.1) is 0 Å². The van der Waals surface area contributed by atoms with E-state index in [1.165, 1.54) is 5.56 Å². The molecule has 1 aromatic heterocycles. The molecule has 0 saturated carbocycles. The van der Waals surface area contributed by atoms with Crippen LogP contribution in [0.2, 0.25) is 5.02 Å². The van der Waals surface area contributed by atoms with E-state index in [0.29, 0.717) is 11.7 Å². The largest absolute Gasteiger partial charge is 0.342 e. The van der Waals surface area contributed by atoms with Crippen LogP contribution >= 0.6 is 34.7 Å². The predicted octanol–water partition coefficient (Wildman–Crippen LogP) is 4.65. The van der Waals surface area contributed by atoms with Crippen molar-refractivity contribution in [2.75, 3.05) is 18.8 Å². The fourth-order valence-electron chi connectivity index (χ4n) is 2.68. The first-order valence-corrected chi connectivity index (χ1v) is 9.76. The summed E-state index contributed by atoms with van der Waals surface area (Å²) in [7, 11) is 0. The van der Waals surface area contributed by atoms with E-state index in [4.69, 9.17) is 11.6 Å². The van der Waals surface area contributed by atoms with Crippen molar-refractivity contribution in [3.63, 3.8) is 0 Å². The van der Waals surface area contributed by atoms with Crippen molar-refractivity contribution in [3.05, 3.63) is 57.2 Å². The molecule has 1 aromatic carbocycles. The third-order valence-corrected chi connectivity index (χ3v) is 6.27. The smallest absolute Gasteiger partial charge is 0.227 e. The first kappa shape index (κ1) is 15.9. The topological polar surface area (TPSA) is 20.3 Å². The summed E-state index contributed by atoms with van der Waals surface area (Å²) in [6.07, 6.45) is 1.48. The third kappa shape index (κ3) is 3.86. The molecule has 2 aromatic rings. The zero-order valence-electron chi connectivity index (χ0n) is 12.2. The molecule has 0 unspecified atom stereocenters. The lowest BCUT2D eigenvalue weighted by atomic mass is 10.1. The number of nitrogens with zero attached hydrogens (tertiary/aromatic N) is 1. The Balaban J connectivity index is 1.62. The lowest BCUT2D eigenvalue weighted by Crippen LogP contribution is -2.34. The first-order valence-electron chi connectivity index (χ1n) is 7.39. The van der Waals surface area contributed by atoms with Gasteiger partial charge in [-0.1, -0.05) is 29.8 Å². The van der Waals surface area contributed by atoms with Crippen LogP contribution in [0.25, 0.3) is 0 Å². The van der Waals surface area contributed by atoms with E-state index < -0.39 is 0 Å². The van der Waals surface area contributed by atoms with Gasteiger partial charge in [0.05, 0.1) is 6.42 Å². The second-order valence-electron chi connectivity index (χ2n) is 5.36. The highest BCUT2D eigenvalue weighted by Crippen LogP contribution is 2.37. The van der Waals surface area contributed by atoms with Crippen molar-refractivity contribution < 1.29 is 4.79 Å². The Labute approximate surface area is 144 Å². The van der Waals surface area contributed by atoms with Crippen LogP contribution in [-0.4, -0.2) is 29.6 Å². The lowest BCUT2D eigenvalue weighted by molar-refractivity contribution is -0.130. The van der Waals surface area contributed by atoms with Gasteiger partial charge in [-0.05, 0) is 40.4 Å². The maximum Gasteiger partial charge on any atom is 0.227 e. The Hall–Kier alpha value is -0.970. The monoisotopic (exact) mass is 351 g/mol. The van der Waals surface area contributed by atoms with Gasteiger partial charge in [-0.3, -0.25) is 4.79 Å². The van der Waals surface area contributed by atoms with E-state index in [9.17, 15) is 4.79 Å². The van der Waals surface area contributed by atoms with Crippen LogP contribution < -0.4 is 0 Å². The van der Waals surface area contributed by atoms with Gasteiger partial charge in [0.15, 0.2) is 0 Å². The second-order valence-corrected chi connectivity index (χ2v) is 7.86. The Morgan fingerprint density at radius 2 is 2.14 bits per heavy atom. The molecule has 0 N–H and O–H groups in total. The van der Waals surface area contributed by atoms with E-state index in [1.807, 2.05) is 46.3 Å². The minimum absolute atomic E-state index is 0.235. The summed E-state index contributed by atoms with van der Waals surface area (Å²) in [5.74, 6) is 1.20. The molecule has 3 rings (SSSR count). The fourth-order valence-corrected chi connectivity index (χ4v) is 4.95. The van der Waals surface area contributed by atoms with Crippen LogP contribution in [0.3, 0.4) is 0 Å². The van der Waals surface area contributed by atoms with E-state index in [1.54, 1.807) is 11.3 Å². The minimum atomic E-state index is 0.235. The normalized spacial score (nSPS) is 19.0. The maximum absolute atomic E-state index is 12.4. The number of rotatable bonds is 3. The van der Waals surface area contributed by atoms with E-state index in [0.717, 1.165) is 35.8 Å². The molecule has 2 nitrogen and oxygen atoms in total. The van der Waals surface area contributed by atoms with Gasteiger partial charge in [0.1, 0.15) is 0 Å². The van der Waals surface area contributed by atoms with Crippen molar-refractivity contribution in [3.8, 4) is 0 Å². The molecule has 1 fully saturated rings. The Bertz CT molecular complexity index is 629. The first-order chi connectivity index (χ1) is 10.7. The highest BCUT2D eigenvalue weighted by atomic mass is 35.5. The quantitative estimate of drug-likeness (QED) is 0.802. The molecular formula is C17H18ClNOS2. The van der Waals surface area contributed by atoms with Crippen molar-refractivity contribution in [1.29, 1.82) is 0 Å². The van der Waals surface area contributed by atoms with Crippen molar-refractivity contribution in [1.82, 2.24) is 4.90 Å². The van der Waals surface area contributed by atoms with Gasteiger partial charge in [0, 0.05) is 29.1 Å². The standard InChI is InChI=1S/C17H18ClNOS2/c18-15-4-2-1-3-14(15)16-5-7-19(8-10-22-16)17(20)11-13-6-9-21-12-13/h1-4,6,9,12,16H,5,7-8,10-11H2/t16-/m0/s1. The zero-order valence-corrected chi connectivity index (χ0v) is 14.6. The number of amides is 1. The average molecular weight is 352 g/mol. The van der Waals surface area contributed by atoms with E-state index >= 15 is 0 Å². The molecule has 0 spiro atoms. The number of hydrogen-bond acceptors (Lipinski definition) is 3. The van der Waals surface area contributed by atoms with Crippen LogP contribution in [0.4, 0.5) is 0 Å². The van der Waals surface area contributed by atoms with Crippen molar-refractivity contribution in [2.24, 2.45) is 0 Å². The summed E-state index contributed by atoms with van der Waals surface area (Å²) in [5.41, 5.74) is 2.32. The third-order valence-electron chi connectivity index (χ3n) is 3.88. The molecule has 1 aliphatic heterocycles. The van der Waals surface area contributed by atoms with Crippen LogP contribution in [0.1, 0.15) is 22.8 Å². The summed E-state index contributed by atoms with van der Waals surface area (Å²) in [6.45, 7) is 1.64. The Morgan fingerprint density at radius 1 is 1.27 bits per heavy atom. The van der Waals surface area contributed by atoms with Crippen molar-refractivity contribution in [2.45, 2.75) is 18.1 Å². The molecule has 1 aliphatic rings. The molecule has 2 heterocycles. The van der Waals surface area contributed by atoms with Crippen molar-refractivity contribution >= 4 is 40.6 Å². The highest BCUT2D eigenvalue weighted by molar-refractivity contribution is 7.99. The summed E-state index contributed by atoms with van der Waals surface area (Å²) >= 11 is 9.86. The Morgan fingerprint density at radius 3 is 2.91 bits per heavy atom.